The molecule has 0 spiro atoms. The summed E-state index contributed by atoms with van der Waals surface area (Å²) in [6, 6.07) is 12.3. The molecule has 142 valence electrons. The van der Waals surface area contributed by atoms with Gasteiger partial charge in [0, 0.05) is 24.0 Å². The second kappa shape index (κ2) is 9.19. The molecule has 0 unspecified atom stereocenters. The Labute approximate surface area is 168 Å². The van der Waals surface area contributed by atoms with Crippen LogP contribution in [0.2, 0.25) is 0 Å². The van der Waals surface area contributed by atoms with Gasteiger partial charge in [0.1, 0.15) is 0 Å². The third-order valence-electron chi connectivity index (χ3n) is 4.16. The molecule has 1 amide bonds. The highest BCUT2D eigenvalue weighted by molar-refractivity contribution is 7.99. The van der Waals surface area contributed by atoms with Gasteiger partial charge in [0.05, 0.1) is 12.3 Å². The van der Waals surface area contributed by atoms with Gasteiger partial charge in [-0.25, -0.2) is 0 Å². The van der Waals surface area contributed by atoms with Crippen molar-refractivity contribution < 1.29 is 4.79 Å². The number of amides is 1. The number of benzene rings is 1. The molecule has 0 fully saturated rings. The highest BCUT2D eigenvalue weighted by atomic mass is 32.2. The molecule has 7 heteroatoms. The standard InChI is InChI=1S/C20H24N4OS2/c1-4-10-24-19(16-8-5-7-15(2)12-16)21-22-20(24)27-14-18(25)23(3)13-17-9-6-11-26-17/h5-9,11-12H,4,10,13-14H2,1-3H3. The second-order valence-electron chi connectivity index (χ2n) is 6.45. The molecule has 0 bridgehead atoms. The normalized spacial score (nSPS) is 10.9. The van der Waals surface area contributed by atoms with Gasteiger partial charge in [-0.15, -0.1) is 21.5 Å². The number of aryl methyl sites for hydroxylation is 1. The molecule has 0 saturated carbocycles. The summed E-state index contributed by atoms with van der Waals surface area (Å²) < 4.78 is 2.12. The van der Waals surface area contributed by atoms with E-state index in [9.17, 15) is 4.79 Å². The zero-order valence-corrected chi connectivity index (χ0v) is 17.5. The summed E-state index contributed by atoms with van der Waals surface area (Å²) in [7, 11) is 1.84. The van der Waals surface area contributed by atoms with Crippen LogP contribution in [0.15, 0.2) is 46.9 Å². The summed E-state index contributed by atoms with van der Waals surface area (Å²) in [5.74, 6) is 1.32. The van der Waals surface area contributed by atoms with Crippen molar-refractivity contribution in [3.8, 4) is 11.4 Å². The maximum atomic E-state index is 12.5. The number of aromatic nitrogens is 3. The minimum atomic E-state index is 0.0940. The van der Waals surface area contributed by atoms with Crippen LogP contribution in [0.25, 0.3) is 11.4 Å². The van der Waals surface area contributed by atoms with Crippen LogP contribution in [0.5, 0.6) is 0 Å². The zero-order valence-electron chi connectivity index (χ0n) is 15.9. The average molecular weight is 401 g/mol. The first-order valence-corrected chi connectivity index (χ1v) is 10.8. The van der Waals surface area contributed by atoms with E-state index in [-0.39, 0.29) is 5.91 Å². The molecule has 3 rings (SSSR count). The van der Waals surface area contributed by atoms with E-state index in [1.54, 1.807) is 16.2 Å². The summed E-state index contributed by atoms with van der Waals surface area (Å²) in [5, 5.41) is 11.6. The molecule has 0 N–H and O–H groups in total. The SMILES string of the molecule is CCCn1c(SCC(=O)N(C)Cc2cccs2)nnc1-c1cccc(C)c1. The summed E-state index contributed by atoms with van der Waals surface area (Å²) >= 11 is 3.12. The minimum Gasteiger partial charge on any atom is -0.340 e. The van der Waals surface area contributed by atoms with Crippen LogP contribution < -0.4 is 0 Å². The van der Waals surface area contributed by atoms with Crippen LogP contribution >= 0.6 is 23.1 Å². The van der Waals surface area contributed by atoms with Crippen molar-refractivity contribution in [1.29, 1.82) is 0 Å². The molecule has 1 aromatic carbocycles. The molecule has 0 aliphatic heterocycles. The van der Waals surface area contributed by atoms with Gasteiger partial charge in [-0.2, -0.15) is 0 Å². The molecule has 0 atom stereocenters. The summed E-state index contributed by atoms with van der Waals surface area (Å²) in [5.41, 5.74) is 2.25. The summed E-state index contributed by atoms with van der Waals surface area (Å²) in [6.07, 6.45) is 0.983. The molecule has 2 aromatic heterocycles. The predicted octanol–water partition coefficient (Wildman–Crippen LogP) is 4.48. The van der Waals surface area contributed by atoms with Gasteiger partial charge < -0.3 is 9.47 Å². The van der Waals surface area contributed by atoms with Crippen molar-refractivity contribution in [1.82, 2.24) is 19.7 Å². The van der Waals surface area contributed by atoms with E-state index < -0.39 is 0 Å². The molecule has 2 heterocycles. The van der Waals surface area contributed by atoms with E-state index in [1.165, 1.54) is 22.2 Å². The summed E-state index contributed by atoms with van der Waals surface area (Å²) in [6.45, 7) is 5.68. The number of thioether (sulfide) groups is 1. The molecule has 0 aliphatic carbocycles. The van der Waals surface area contributed by atoms with Gasteiger partial charge >= 0.3 is 0 Å². The molecule has 0 aliphatic rings. The van der Waals surface area contributed by atoms with Gasteiger partial charge in [0.2, 0.25) is 5.91 Å². The zero-order chi connectivity index (χ0) is 19.2. The highest BCUT2D eigenvalue weighted by Gasteiger charge is 2.17. The number of rotatable bonds is 8. The number of hydrogen-bond acceptors (Lipinski definition) is 5. The number of carbonyl (C=O) groups is 1. The Kier molecular flexibility index (Phi) is 6.68. The fraction of sp³-hybridized carbons (Fsp3) is 0.350. The van der Waals surface area contributed by atoms with Gasteiger partial charge in [0.15, 0.2) is 11.0 Å². The van der Waals surface area contributed by atoms with Crippen molar-refractivity contribution in [3.63, 3.8) is 0 Å². The third-order valence-corrected chi connectivity index (χ3v) is 5.98. The van der Waals surface area contributed by atoms with Crippen LogP contribution in [0.1, 0.15) is 23.8 Å². The predicted molar refractivity (Wildman–Crippen MR) is 112 cm³/mol. The van der Waals surface area contributed by atoms with Gasteiger partial charge in [-0.3, -0.25) is 4.79 Å². The molecule has 27 heavy (non-hydrogen) atoms. The van der Waals surface area contributed by atoms with E-state index in [2.05, 4.69) is 46.8 Å². The van der Waals surface area contributed by atoms with Crippen LogP contribution in [0.4, 0.5) is 0 Å². The lowest BCUT2D eigenvalue weighted by atomic mass is 10.1. The third kappa shape index (κ3) is 4.99. The van der Waals surface area contributed by atoms with Crippen molar-refractivity contribution in [3.05, 3.63) is 52.2 Å². The van der Waals surface area contributed by atoms with Crippen LogP contribution in [-0.4, -0.2) is 38.4 Å². The fourth-order valence-corrected chi connectivity index (χ4v) is 4.44. The van der Waals surface area contributed by atoms with Gasteiger partial charge in [0.25, 0.3) is 0 Å². The van der Waals surface area contributed by atoms with Crippen molar-refractivity contribution in [2.45, 2.75) is 38.5 Å². The monoisotopic (exact) mass is 400 g/mol. The maximum Gasteiger partial charge on any atom is 0.233 e. The Hall–Kier alpha value is -2.12. The lowest BCUT2D eigenvalue weighted by molar-refractivity contribution is -0.127. The Morgan fingerprint density at radius 1 is 1.26 bits per heavy atom. The molecular formula is C20H24N4OS2. The van der Waals surface area contributed by atoms with E-state index in [4.69, 9.17) is 0 Å². The van der Waals surface area contributed by atoms with Crippen LogP contribution in [0, 0.1) is 6.92 Å². The lowest BCUT2D eigenvalue weighted by Gasteiger charge is -2.16. The fourth-order valence-electron chi connectivity index (χ4n) is 2.78. The van der Waals surface area contributed by atoms with Gasteiger partial charge in [-0.1, -0.05) is 48.5 Å². The van der Waals surface area contributed by atoms with E-state index in [0.29, 0.717) is 12.3 Å². The van der Waals surface area contributed by atoms with Crippen LogP contribution in [0.3, 0.4) is 0 Å². The van der Waals surface area contributed by atoms with Crippen molar-refractivity contribution in [2.75, 3.05) is 12.8 Å². The number of nitrogens with zero attached hydrogens (tertiary/aromatic N) is 4. The second-order valence-corrected chi connectivity index (χ2v) is 8.42. The highest BCUT2D eigenvalue weighted by Crippen LogP contribution is 2.25. The molecule has 3 aromatic rings. The van der Waals surface area contributed by atoms with Crippen LogP contribution in [-0.2, 0) is 17.9 Å². The minimum absolute atomic E-state index is 0.0940. The number of thiophene rings is 1. The number of carbonyl (C=O) groups excluding carboxylic acids is 1. The molecule has 5 nitrogen and oxygen atoms in total. The molecule has 0 saturated heterocycles. The molecule has 0 radical (unpaired) electrons. The maximum absolute atomic E-state index is 12.5. The Bertz CT molecular complexity index is 889. The van der Waals surface area contributed by atoms with Crippen molar-refractivity contribution >= 4 is 29.0 Å². The van der Waals surface area contributed by atoms with E-state index >= 15 is 0 Å². The van der Waals surface area contributed by atoms with E-state index in [1.807, 2.05) is 30.6 Å². The largest absolute Gasteiger partial charge is 0.340 e. The smallest absolute Gasteiger partial charge is 0.233 e. The first-order chi connectivity index (χ1) is 13.1. The Morgan fingerprint density at radius 2 is 2.11 bits per heavy atom. The first kappa shape index (κ1) is 19.6. The quantitative estimate of drug-likeness (QED) is 0.523. The van der Waals surface area contributed by atoms with Gasteiger partial charge in [-0.05, 0) is 30.9 Å². The van der Waals surface area contributed by atoms with E-state index in [0.717, 1.165) is 29.5 Å². The lowest BCUT2D eigenvalue weighted by Crippen LogP contribution is -2.27. The van der Waals surface area contributed by atoms with Crippen molar-refractivity contribution in [2.24, 2.45) is 0 Å². The topological polar surface area (TPSA) is 51.0 Å². The number of hydrogen-bond donors (Lipinski definition) is 0. The summed E-state index contributed by atoms with van der Waals surface area (Å²) in [4.78, 5) is 15.4. The molecular weight excluding hydrogens is 376 g/mol. The average Bonchev–Trinajstić information content (AvgIpc) is 3.30. The first-order valence-electron chi connectivity index (χ1n) is 8.98. The Balaban J connectivity index is 1.70. The Morgan fingerprint density at radius 3 is 2.81 bits per heavy atom.